The fourth-order valence-electron chi connectivity index (χ4n) is 3.59. The number of nitrogens with zero attached hydrogens (tertiary/aromatic N) is 1. The molecule has 0 radical (unpaired) electrons. The van der Waals surface area contributed by atoms with Gasteiger partial charge >= 0.3 is 6.03 Å². The second-order valence-corrected chi connectivity index (χ2v) is 7.37. The lowest BCUT2D eigenvalue weighted by molar-refractivity contribution is 0.175. The van der Waals surface area contributed by atoms with E-state index in [2.05, 4.69) is 35.4 Å². The fourth-order valence-corrected chi connectivity index (χ4v) is 3.59. The Morgan fingerprint density at radius 1 is 1.29 bits per heavy atom. The van der Waals surface area contributed by atoms with Crippen molar-refractivity contribution in [2.24, 2.45) is 5.92 Å². The van der Waals surface area contributed by atoms with Gasteiger partial charge in [-0.25, -0.2) is 4.79 Å². The highest BCUT2D eigenvalue weighted by molar-refractivity contribution is 5.74. The van der Waals surface area contributed by atoms with Crippen molar-refractivity contribution in [2.45, 2.75) is 45.3 Å². The summed E-state index contributed by atoms with van der Waals surface area (Å²) in [4.78, 5) is 14.6. The van der Waals surface area contributed by atoms with Crippen LogP contribution in [-0.2, 0) is 6.42 Å². The molecular formula is C19H29N3O2. The van der Waals surface area contributed by atoms with Crippen LogP contribution in [0.4, 0.5) is 4.79 Å². The quantitative estimate of drug-likeness (QED) is 0.871. The number of carbonyl (C=O) groups excluding carboxylic acids is 1. The van der Waals surface area contributed by atoms with E-state index in [9.17, 15) is 4.79 Å². The van der Waals surface area contributed by atoms with Gasteiger partial charge in [0.05, 0.1) is 6.54 Å². The molecule has 0 saturated carbocycles. The van der Waals surface area contributed by atoms with Crippen LogP contribution in [0, 0.1) is 5.92 Å². The van der Waals surface area contributed by atoms with E-state index in [0.29, 0.717) is 12.5 Å². The zero-order valence-corrected chi connectivity index (χ0v) is 14.8. The lowest BCUT2D eigenvalue weighted by atomic mass is 10.0. The van der Waals surface area contributed by atoms with Gasteiger partial charge in [0.2, 0.25) is 0 Å². The highest BCUT2D eigenvalue weighted by atomic mass is 16.5. The largest absolute Gasteiger partial charge is 0.488 e. The third kappa shape index (κ3) is 4.63. The van der Waals surface area contributed by atoms with Gasteiger partial charge in [0.25, 0.3) is 0 Å². The van der Waals surface area contributed by atoms with Gasteiger partial charge in [-0.05, 0) is 30.4 Å². The Morgan fingerprint density at radius 3 is 2.75 bits per heavy atom. The SMILES string of the molecule is CC(C)CN1CCC(NC(=O)NC[C@H]2Cc3ccccc3O2)CC1. The van der Waals surface area contributed by atoms with Gasteiger partial charge < -0.3 is 20.3 Å². The first-order chi connectivity index (χ1) is 11.6. The molecule has 2 aliphatic rings. The standard InChI is InChI=1S/C19H29N3O2/c1-14(2)13-22-9-7-16(8-10-22)21-19(23)20-12-17-11-15-5-3-4-6-18(15)24-17/h3-6,14,16-17H,7-13H2,1-2H3,(H2,20,21,23)/t17-/m1/s1. The summed E-state index contributed by atoms with van der Waals surface area (Å²) >= 11 is 0. The average molecular weight is 331 g/mol. The fraction of sp³-hybridized carbons (Fsp3) is 0.632. The molecule has 0 aromatic heterocycles. The number of hydrogen-bond acceptors (Lipinski definition) is 3. The summed E-state index contributed by atoms with van der Waals surface area (Å²) in [7, 11) is 0. The second kappa shape index (κ2) is 7.88. The summed E-state index contributed by atoms with van der Waals surface area (Å²) in [5, 5.41) is 6.07. The summed E-state index contributed by atoms with van der Waals surface area (Å²) in [6.45, 7) is 8.35. The van der Waals surface area contributed by atoms with Crippen molar-refractivity contribution in [3.63, 3.8) is 0 Å². The van der Waals surface area contributed by atoms with E-state index >= 15 is 0 Å². The van der Waals surface area contributed by atoms with E-state index in [4.69, 9.17) is 4.74 Å². The molecule has 3 rings (SSSR count). The van der Waals surface area contributed by atoms with Crippen LogP contribution in [0.3, 0.4) is 0 Å². The Morgan fingerprint density at radius 2 is 2.04 bits per heavy atom. The van der Waals surface area contributed by atoms with Gasteiger partial charge in [-0.1, -0.05) is 32.0 Å². The number of fused-ring (bicyclic) bond motifs is 1. The number of carbonyl (C=O) groups is 1. The Hall–Kier alpha value is -1.75. The third-order valence-electron chi connectivity index (χ3n) is 4.75. The van der Waals surface area contributed by atoms with Crippen LogP contribution in [-0.4, -0.2) is 49.3 Å². The predicted octanol–water partition coefficient (Wildman–Crippen LogP) is 2.41. The maximum Gasteiger partial charge on any atom is 0.315 e. The molecule has 0 unspecified atom stereocenters. The van der Waals surface area contributed by atoms with Gasteiger partial charge in [-0.3, -0.25) is 0 Å². The molecular weight excluding hydrogens is 302 g/mol. The number of rotatable bonds is 5. The number of para-hydroxylation sites is 1. The van der Waals surface area contributed by atoms with Crippen molar-refractivity contribution in [1.29, 1.82) is 0 Å². The Kier molecular flexibility index (Phi) is 5.61. The van der Waals surface area contributed by atoms with E-state index in [0.717, 1.165) is 44.6 Å². The molecule has 2 amide bonds. The lowest BCUT2D eigenvalue weighted by Gasteiger charge is -2.33. The highest BCUT2D eigenvalue weighted by Crippen LogP contribution is 2.27. The number of piperidine rings is 1. The number of ether oxygens (including phenoxy) is 1. The van der Waals surface area contributed by atoms with Gasteiger partial charge in [-0.2, -0.15) is 0 Å². The molecule has 1 aromatic rings. The Balaban J connectivity index is 1.34. The topological polar surface area (TPSA) is 53.6 Å². The van der Waals surface area contributed by atoms with Crippen molar-refractivity contribution in [3.05, 3.63) is 29.8 Å². The van der Waals surface area contributed by atoms with Crippen LogP contribution in [0.1, 0.15) is 32.3 Å². The van der Waals surface area contributed by atoms with Crippen LogP contribution >= 0.6 is 0 Å². The minimum atomic E-state index is -0.0723. The van der Waals surface area contributed by atoms with Crippen LogP contribution in [0.5, 0.6) is 5.75 Å². The van der Waals surface area contributed by atoms with Crippen LogP contribution in [0.2, 0.25) is 0 Å². The number of urea groups is 1. The van der Waals surface area contributed by atoms with Gasteiger partial charge in [0.1, 0.15) is 11.9 Å². The number of benzene rings is 1. The zero-order chi connectivity index (χ0) is 16.9. The molecule has 1 saturated heterocycles. The van der Waals surface area contributed by atoms with E-state index in [1.54, 1.807) is 0 Å². The molecule has 5 heteroatoms. The van der Waals surface area contributed by atoms with Crippen molar-refractivity contribution in [2.75, 3.05) is 26.2 Å². The normalized spacial score (nSPS) is 21.4. The van der Waals surface area contributed by atoms with E-state index in [1.165, 1.54) is 5.56 Å². The Labute approximate surface area is 144 Å². The molecule has 0 spiro atoms. The minimum Gasteiger partial charge on any atom is -0.488 e. The van der Waals surface area contributed by atoms with Crippen LogP contribution < -0.4 is 15.4 Å². The molecule has 2 heterocycles. The summed E-state index contributed by atoms with van der Waals surface area (Å²) in [5.41, 5.74) is 1.22. The van der Waals surface area contributed by atoms with Crippen molar-refractivity contribution in [3.8, 4) is 5.75 Å². The monoisotopic (exact) mass is 331 g/mol. The smallest absolute Gasteiger partial charge is 0.315 e. The maximum absolute atomic E-state index is 12.1. The molecule has 0 bridgehead atoms. The minimum absolute atomic E-state index is 0.0426. The number of amides is 2. The Bertz CT molecular complexity index is 528. The first kappa shape index (κ1) is 17.1. The number of nitrogens with one attached hydrogen (secondary N) is 2. The van der Waals surface area contributed by atoms with Gasteiger partial charge in [0.15, 0.2) is 0 Å². The first-order valence-electron chi connectivity index (χ1n) is 9.11. The number of hydrogen-bond donors (Lipinski definition) is 2. The predicted molar refractivity (Wildman–Crippen MR) is 95.4 cm³/mol. The van der Waals surface area contributed by atoms with E-state index < -0.39 is 0 Å². The molecule has 132 valence electrons. The molecule has 1 fully saturated rings. The van der Waals surface area contributed by atoms with Crippen molar-refractivity contribution >= 4 is 6.03 Å². The molecule has 1 aromatic carbocycles. The summed E-state index contributed by atoms with van der Waals surface area (Å²) in [6, 6.07) is 8.29. The maximum atomic E-state index is 12.1. The second-order valence-electron chi connectivity index (χ2n) is 7.37. The molecule has 1 atom stereocenters. The summed E-state index contributed by atoms with van der Waals surface area (Å²) in [5.74, 6) is 1.65. The highest BCUT2D eigenvalue weighted by Gasteiger charge is 2.24. The lowest BCUT2D eigenvalue weighted by Crippen LogP contribution is -2.49. The summed E-state index contributed by atoms with van der Waals surface area (Å²) in [6.07, 6.45) is 2.97. The van der Waals surface area contributed by atoms with E-state index in [-0.39, 0.29) is 18.2 Å². The first-order valence-corrected chi connectivity index (χ1v) is 9.11. The molecule has 5 nitrogen and oxygen atoms in total. The molecule has 0 aliphatic carbocycles. The third-order valence-corrected chi connectivity index (χ3v) is 4.75. The average Bonchev–Trinajstić information content (AvgIpc) is 2.97. The summed E-state index contributed by atoms with van der Waals surface area (Å²) < 4.78 is 5.85. The molecule has 2 aliphatic heterocycles. The van der Waals surface area contributed by atoms with E-state index in [1.807, 2.05) is 18.2 Å². The van der Waals surface area contributed by atoms with Crippen LogP contribution in [0.25, 0.3) is 0 Å². The zero-order valence-electron chi connectivity index (χ0n) is 14.8. The van der Waals surface area contributed by atoms with Gasteiger partial charge in [-0.15, -0.1) is 0 Å². The van der Waals surface area contributed by atoms with Crippen molar-refractivity contribution in [1.82, 2.24) is 15.5 Å². The van der Waals surface area contributed by atoms with Gasteiger partial charge in [0, 0.05) is 32.1 Å². The number of likely N-dealkylation sites (tertiary alicyclic amines) is 1. The molecule has 24 heavy (non-hydrogen) atoms. The van der Waals surface area contributed by atoms with Crippen LogP contribution in [0.15, 0.2) is 24.3 Å². The molecule has 2 N–H and O–H groups in total. The van der Waals surface area contributed by atoms with Crippen molar-refractivity contribution < 1.29 is 9.53 Å².